The maximum absolute atomic E-state index is 14.1. The molecule has 0 unspecified atom stereocenters. The molecule has 5 fully saturated rings. The molecule has 3 saturated heterocycles. The van der Waals surface area contributed by atoms with Gasteiger partial charge in [0, 0.05) is 69.3 Å². The van der Waals surface area contributed by atoms with Crippen molar-refractivity contribution in [1.29, 1.82) is 0 Å². The van der Waals surface area contributed by atoms with Crippen LogP contribution in [-0.2, 0) is 9.59 Å². The lowest BCUT2D eigenvalue weighted by Gasteiger charge is -2.53. The van der Waals surface area contributed by atoms with Gasteiger partial charge in [0.1, 0.15) is 17.2 Å². The number of ketones is 2. The van der Waals surface area contributed by atoms with Crippen LogP contribution in [0.2, 0.25) is 0 Å². The first-order chi connectivity index (χ1) is 22.2. The summed E-state index contributed by atoms with van der Waals surface area (Å²) >= 11 is 0. The zero-order chi connectivity index (χ0) is 31.7. The van der Waals surface area contributed by atoms with E-state index in [1.165, 1.54) is 36.8 Å². The van der Waals surface area contributed by atoms with E-state index in [9.17, 15) is 14.7 Å². The summed E-state index contributed by atoms with van der Waals surface area (Å²) < 4.78 is 0. The minimum atomic E-state index is -1.31. The lowest BCUT2D eigenvalue weighted by atomic mass is 9.51. The zero-order valence-corrected chi connectivity index (χ0v) is 30.2. The van der Waals surface area contributed by atoms with Gasteiger partial charge in [0.25, 0.3) is 0 Å². The van der Waals surface area contributed by atoms with E-state index >= 15 is 0 Å². The fourth-order valence-corrected chi connectivity index (χ4v) is 10.2. The van der Waals surface area contributed by atoms with Gasteiger partial charge in [0.15, 0.2) is 11.6 Å². The molecule has 0 aromatic carbocycles. The Kier molecular flexibility index (Phi) is 9.83. The number of nitrogens with zero attached hydrogens (tertiary/aromatic N) is 6. The van der Waals surface area contributed by atoms with Gasteiger partial charge in [0.05, 0.1) is 6.54 Å². The topological polar surface area (TPSA) is 93.1 Å². The van der Waals surface area contributed by atoms with Gasteiger partial charge >= 0.3 is 0 Å². The monoisotopic (exact) mass is 698 g/mol. The fourth-order valence-electron chi connectivity index (χ4n) is 10.2. The highest BCUT2D eigenvalue weighted by Gasteiger charge is 2.64. The summed E-state index contributed by atoms with van der Waals surface area (Å²) in [6.07, 6.45) is 16.8. The Hall–Kier alpha value is -2.46. The summed E-state index contributed by atoms with van der Waals surface area (Å²) in [4.78, 5) is 45.6. The van der Waals surface area contributed by atoms with Crippen molar-refractivity contribution in [3.63, 3.8) is 0 Å². The van der Waals surface area contributed by atoms with Crippen LogP contribution in [-0.4, -0.2) is 96.0 Å². The largest absolute Gasteiger partial charge is 0.381 e. The molecule has 0 spiro atoms. The van der Waals surface area contributed by atoms with Gasteiger partial charge in [0.2, 0.25) is 5.95 Å². The molecular weight excluding hydrogens is 647 g/mol. The summed E-state index contributed by atoms with van der Waals surface area (Å²) in [5.41, 5.74) is 0.626. The van der Waals surface area contributed by atoms with Gasteiger partial charge in [-0.15, -0.1) is 24.8 Å². The van der Waals surface area contributed by atoms with E-state index in [2.05, 4.69) is 51.7 Å². The number of halogens is 2. The van der Waals surface area contributed by atoms with Gasteiger partial charge in [-0.05, 0) is 88.7 Å². The van der Waals surface area contributed by atoms with Crippen molar-refractivity contribution in [2.24, 2.45) is 22.7 Å². The number of aliphatic hydroxyl groups is 1. The Labute approximate surface area is 297 Å². The van der Waals surface area contributed by atoms with Gasteiger partial charge in [-0.3, -0.25) is 14.5 Å². The minimum Gasteiger partial charge on any atom is -0.381 e. The normalized spacial score (nSPS) is 34.5. The minimum absolute atomic E-state index is 0. The molecule has 0 amide bonds. The molecule has 2 saturated carbocycles. The molecule has 48 heavy (non-hydrogen) atoms. The zero-order valence-electron chi connectivity index (χ0n) is 28.5. The van der Waals surface area contributed by atoms with Crippen molar-refractivity contribution in [2.75, 3.05) is 73.6 Å². The summed E-state index contributed by atoms with van der Waals surface area (Å²) in [6, 6.07) is 2.17. The molecule has 4 aliphatic carbocycles. The third-order valence-electron chi connectivity index (χ3n) is 13.1. The molecule has 9 nitrogen and oxygen atoms in total. The average molecular weight is 700 g/mol. The molecule has 262 valence electrons. The molecule has 1 aromatic heterocycles. The van der Waals surface area contributed by atoms with E-state index in [4.69, 9.17) is 9.97 Å². The molecule has 8 rings (SSSR count). The molecule has 11 heteroatoms. The first-order valence-electron chi connectivity index (χ1n) is 17.9. The molecule has 0 bridgehead atoms. The van der Waals surface area contributed by atoms with Gasteiger partial charge < -0.3 is 19.8 Å². The molecule has 0 radical (unpaired) electrons. The second kappa shape index (κ2) is 13.3. The van der Waals surface area contributed by atoms with E-state index in [0.717, 1.165) is 89.2 Å². The van der Waals surface area contributed by atoms with E-state index in [1.807, 2.05) is 6.08 Å². The average Bonchev–Trinajstić information content (AvgIpc) is 3.84. The molecule has 7 aliphatic rings. The number of anilines is 3. The van der Waals surface area contributed by atoms with Crippen LogP contribution in [0.3, 0.4) is 0 Å². The summed E-state index contributed by atoms with van der Waals surface area (Å²) in [5, 5.41) is 12.3. The fraction of sp³-hybridized carbons (Fsp3) is 0.676. The van der Waals surface area contributed by atoms with Crippen molar-refractivity contribution in [2.45, 2.75) is 77.2 Å². The van der Waals surface area contributed by atoms with Crippen molar-refractivity contribution < 1.29 is 14.7 Å². The number of piperazine rings is 1. The predicted molar refractivity (Wildman–Crippen MR) is 195 cm³/mol. The van der Waals surface area contributed by atoms with Gasteiger partial charge in [-0.25, -0.2) is 0 Å². The van der Waals surface area contributed by atoms with E-state index < -0.39 is 11.0 Å². The van der Waals surface area contributed by atoms with Crippen LogP contribution in [0.15, 0.2) is 41.5 Å². The number of allylic oxidation sites excluding steroid dienone is 6. The number of rotatable bonds is 6. The smallest absolute Gasteiger partial charge is 0.229 e. The van der Waals surface area contributed by atoms with Crippen molar-refractivity contribution >= 4 is 54.0 Å². The molecule has 1 N–H and O–H groups in total. The molecular formula is C37H52Cl2N6O3. The Balaban J connectivity index is 0.00000201. The summed E-state index contributed by atoms with van der Waals surface area (Å²) in [7, 11) is 0. The van der Waals surface area contributed by atoms with Crippen LogP contribution in [0, 0.1) is 22.7 Å². The Morgan fingerprint density at radius 3 is 2.19 bits per heavy atom. The van der Waals surface area contributed by atoms with Crippen molar-refractivity contribution in [3.05, 3.63) is 41.5 Å². The van der Waals surface area contributed by atoms with Crippen LogP contribution >= 0.6 is 24.8 Å². The first kappa shape index (κ1) is 35.4. The Bertz CT molecular complexity index is 1480. The third kappa shape index (κ3) is 5.70. The van der Waals surface area contributed by atoms with Crippen molar-refractivity contribution in [3.8, 4) is 0 Å². The maximum Gasteiger partial charge on any atom is 0.229 e. The number of aromatic nitrogens is 2. The summed E-state index contributed by atoms with van der Waals surface area (Å²) in [6.45, 7) is 12.0. The van der Waals surface area contributed by atoms with Gasteiger partial charge in [-0.2, -0.15) is 9.97 Å². The molecule has 5 atom stereocenters. The van der Waals surface area contributed by atoms with Crippen LogP contribution < -0.4 is 14.7 Å². The van der Waals surface area contributed by atoms with Crippen LogP contribution in [0.4, 0.5) is 17.6 Å². The van der Waals surface area contributed by atoms with E-state index in [1.54, 1.807) is 6.08 Å². The van der Waals surface area contributed by atoms with E-state index in [0.29, 0.717) is 25.3 Å². The standard InChI is InChI=1S/C37H50N6O3.2ClH/c1-35-12-9-27(44)23-26(35)7-8-28-29(35)10-13-36(2)30(28)11-14-37(36,46)31(45)25-40-19-21-42(22-20-40)33-24-32(41-15-3-4-16-41)38-34(39-33)43-17-5-6-18-43;;/h9-10,12,23-24,28,30,46H,3-8,11,13-22,25H2,1-2H3;2*1H/t28-,30+,35+,36+,37+;;/m1../s1. The Morgan fingerprint density at radius 1 is 0.896 bits per heavy atom. The van der Waals surface area contributed by atoms with Gasteiger partial charge in [-0.1, -0.05) is 30.2 Å². The second-order valence-corrected chi connectivity index (χ2v) is 15.5. The lowest BCUT2D eigenvalue weighted by Crippen LogP contribution is -2.58. The summed E-state index contributed by atoms with van der Waals surface area (Å²) in [5.74, 6) is 3.59. The highest BCUT2D eigenvalue weighted by Crippen LogP contribution is 2.65. The number of Topliss-reactive ketones (excluding diaryl/α,β-unsaturated/α-hetero) is 1. The van der Waals surface area contributed by atoms with Crippen LogP contribution in [0.1, 0.15) is 71.6 Å². The SMILES string of the molecule is C[C@]12C=CC(=O)C=C1CC[C@@H]1C2=CC[C@@]2(C)[C@H]1CC[C@]2(O)C(=O)CN1CCN(c2cc(N3CCCC3)nc(N3CCCC3)n2)CC1.Cl.Cl. The highest BCUT2D eigenvalue weighted by atomic mass is 35.5. The van der Waals surface area contributed by atoms with Crippen LogP contribution in [0.25, 0.3) is 0 Å². The van der Waals surface area contributed by atoms with Crippen LogP contribution in [0.5, 0.6) is 0 Å². The maximum atomic E-state index is 14.1. The lowest BCUT2D eigenvalue weighted by molar-refractivity contribution is -0.154. The Morgan fingerprint density at radius 2 is 1.52 bits per heavy atom. The quantitative estimate of drug-likeness (QED) is 0.404. The number of fused-ring (bicyclic) bond motifs is 5. The van der Waals surface area contributed by atoms with E-state index in [-0.39, 0.29) is 47.7 Å². The number of hydrogen-bond donors (Lipinski definition) is 1. The predicted octanol–water partition coefficient (Wildman–Crippen LogP) is 5.17. The number of carbonyl (C=O) groups is 2. The second-order valence-electron chi connectivity index (χ2n) is 15.5. The third-order valence-corrected chi connectivity index (χ3v) is 13.1. The molecule has 3 aliphatic heterocycles. The van der Waals surface area contributed by atoms with Crippen molar-refractivity contribution in [1.82, 2.24) is 14.9 Å². The molecule has 1 aromatic rings. The highest BCUT2D eigenvalue weighted by molar-refractivity contribution is 6.01. The first-order valence-corrected chi connectivity index (χ1v) is 17.9. The molecule has 4 heterocycles. The number of carbonyl (C=O) groups excluding carboxylic acids is 2. The number of hydrogen-bond acceptors (Lipinski definition) is 9.